The van der Waals surface area contributed by atoms with Gasteiger partial charge < -0.3 is 10.2 Å². The average Bonchev–Trinajstić information content (AvgIpc) is 2.75. The highest BCUT2D eigenvalue weighted by Gasteiger charge is 2.40. The molecule has 0 saturated carbocycles. The lowest BCUT2D eigenvalue weighted by molar-refractivity contribution is -0.0347. The first kappa shape index (κ1) is 10.8. The molecule has 0 amide bonds. The minimum atomic E-state index is -0.0710. The van der Waals surface area contributed by atoms with E-state index < -0.39 is 0 Å². The number of aryl methyl sites for hydroxylation is 1. The zero-order valence-corrected chi connectivity index (χ0v) is 10.2. The minimum absolute atomic E-state index is 0.0710. The van der Waals surface area contributed by atoms with Crippen LogP contribution in [0.5, 0.6) is 0 Å². The molecule has 0 aliphatic carbocycles. The highest BCUT2D eigenvalue weighted by molar-refractivity contribution is 6.01. The van der Waals surface area contributed by atoms with E-state index in [9.17, 15) is 0 Å². The number of benzene rings is 1. The number of hydrogen-bond donors (Lipinski definition) is 1. The van der Waals surface area contributed by atoms with Crippen LogP contribution in [0.2, 0.25) is 0 Å². The Balaban J connectivity index is 1.76. The Kier molecular flexibility index (Phi) is 2.63. The summed E-state index contributed by atoms with van der Waals surface area (Å²) >= 11 is 0. The molecule has 3 heteroatoms. The molecule has 17 heavy (non-hydrogen) atoms. The first-order valence-electron chi connectivity index (χ1n) is 6.30. The maximum absolute atomic E-state index is 5.70. The van der Waals surface area contributed by atoms with Gasteiger partial charge in [-0.3, -0.25) is 0 Å². The van der Waals surface area contributed by atoms with Gasteiger partial charge in [0.15, 0.2) is 5.60 Å². The second-order valence-corrected chi connectivity index (χ2v) is 5.14. The fourth-order valence-corrected chi connectivity index (χ4v) is 2.59. The monoisotopic (exact) mass is 230 g/mol. The van der Waals surface area contributed by atoms with Crippen molar-refractivity contribution >= 4 is 5.71 Å². The van der Waals surface area contributed by atoms with Crippen molar-refractivity contribution in [3.05, 3.63) is 35.4 Å². The molecule has 90 valence electrons. The largest absolute Gasteiger partial charge is 0.387 e. The second-order valence-electron chi connectivity index (χ2n) is 5.14. The predicted octanol–water partition coefficient (Wildman–Crippen LogP) is 2.24. The highest BCUT2D eigenvalue weighted by Crippen LogP contribution is 2.32. The second kappa shape index (κ2) is 4.15. The molecule has 2 aliphatic heterocycles. The van der Waals surface area contributed by atoms with Crippen molar-refractivity contribution in [1.82, 2.24) is 5.32 Å². The van der Waals surface area contributed by atoms with Crippen LogP contribution in [0.1, 0.15) is 30.4 Å². The summed E-state index contributed by atoms with van der Waals surface area (Å²) < 4.78 is 0. The SMILES string of the molecule is Cc1ccc(C2=NOC3(CCCNC3)C2)cc1. The van der Waals surface area contributed by atoms with E-state index in [2.05, 4.69) is 41.7 Å². The van der Waals surface area contributed by atoms with Crippen molar-refractivity contribution < 1.29 is 4.84 Å². The van der Waals surface area contributed by atoms with Gasteiger partial charge in [0, 0.05) is 13.0 Å². The van der Waals surface area contributed by atoms with E-state index in [1.54, 1.807) is 0 Å². The summed E-state index contributed by atoms with van der Waals surface area (Å²) in [4.78, 5) is 5.70. The fourth-order valence-electron chi connectivity index (χ4n) is 2.59. The van der Waals surface area contributed by atoms with Gasteiger partial charge in [-0.15, -0.1) is 0 Å². The summed E-state index contributed by atoms with van der Waals surface area (Å²) in [6.45, 7) is 4.13. The van der Waals surface area contributed by atoms with E-state index in [-0.39, 0.29) is 5.60 Å². The summed E-state index contributed by atoms with van der Waals surface area (Å²) in [7, 11) is 0. The van der Waals surface area contributed by atoms with Crippen molar-refractivity contribution in [2.45, 2.75) is 31.8 Å². The molecule has 2 heterocycles. The van der Waals surface area contributed by atoms with Crippen molar-refractivity contribution in [2.24, 2.45) is 5.16 Å². The standard InChI is InChI=1S/C14H18N2O/c1-11-3-5-12(6-4-11)13-9-14(17-16-13)7-2-8-15-10-14/h3-6,15H,2,7-10H2,1H3. The van der Waals surface area contributed by atoms with Gasteiger partial charge in [-0.2, -0.15) is 0 Å². The molecule has 1 unspecified atom stereocenters. The average molecular weight is 230 g/mol. The van der Waals surface area contributed by atoms with Gasteiger partial charge in [0.05, 0.1) is 5.71 Å². The van der Waals surface area contributed by atoms with Gasteiger partial charge in [-0.25, -0.2) is 0 Å². The lowest BCUT2D eigenvalue weighted by atomic mass is 9.87. The molecule has 1 fully saturated rings. The summed E-state index contributed by atoms with van der Waals surface area (Å²) in [6.07, 6.45) is 3.22. The van der Waals surface area contributed by atoms with Crippen molar-refractivity contribution in [3.8, 4) is 0 Å². The minimum Gasteiger partial charge on any atom is -0.387 e. The van der Waals surface area contributed by atoms with Crippen LogP contribution in [0.15, 0.2) is 29.4 Å². The zero-order valence-electron chi connectivity index (χ0n) is 10.2. The van der Waals surface area contributed by atoms with Gasteiger partial charge in [0.1, 0.15) is 0 Å². The lowest BCUT2D eigenvalue weighted by Gasteiger charge is -2.31. The van der Waals surface area contributed by atoms with Gasteiger partial charge in [0.2, 0.25) is 0 Å². The van der Waals surface area contributed by atoms with Crippen LogP contribution in [-0.4, -0.2) is 24.4 Å². The molecule has 1 aromatic carbocycles. The molecule has 1 spiro atoms. The first-order valence-corrected chi connectivity index (χ1v) is 6.30. The Morgan fingerprint density at radius 3 is 2.82 bits per heavy atom. The number of nitrogens with zero attached hydrogens (tertiary/aromatic N) is 1. The van der Waals surface area contributed by atoms with Gasteiger partial charge in [-0.05, 0) is 31.9 Å². The molecular formula is C14H18N2O. The Morgan fingerprint density at radius 2 is 2.12 bits per heavy atom. The summed E-state index contributed by atoms with van der Waals surface area (Å²) in [6, 6.07) is 8.52. The zero-order chi connectivity index (χ0) is 11.7. The summed E-state index contributed by atoms with van der Waals surface area (Å²) in [5.41, 5.74) is 3.49. The van der Waals surface area contributed by atoms with E-state index >= 15 is 0 Å². The Labute approximate surface area is 102 Å². The maximum Gasteiger partial charge on any atom is 0.155 e. The van der Waals surface area contributed by atoms with Gasteiger partial charge >= 0.3 is 0 Å². The molecule has 1 atom stereocenters. The fraction of sp³-hybridized carbons (Fsp3) is 0.500. The predicted molar refractivity (Wildman–Crippen MR) is 68.3 cm³/mol. The molecule has 1 N–H and O–H groups in total. The van der Waals surface area contributed by atoms with E-state index in [0.717, 1.165) is 31.6 Å². The molecule has 1 saturated heterocycles. The van der Waals surface area contributed by atoms with Crippen LogP contribution in [-0.2, 0) is 4.84 Å². The molecule has 0 bridgehead atoms. The van der Waals surface area contributed by atoms with Crippen molar-refractivity contribution in [3.63, 3.8) is 0 Å². The number of hydrogen-bond acceptors (Lipinski definition) is 3. The molecule has 0 radical (unpaired) electrons. The van der Waals surface area contributed by atoms with Gasteiger partial charge in [0.25, 0.3) is 0 Å². The molecule has 3 rings (SSSR count). The van der Waals surface area contributed by atoms with E-state index in [1.807, 2.05) is 0 Å². The Morgan fingerprint density at radius 1 is 1.29 bits per heavy atom. The lowest BCUT2D eigenvalue weighted by Crippen LogP contribution is -2.45. The summed E-state index contributed by atoms with van der Waals surface area (Å²) in [5, 5.41) is 7.69. The topological polar surface area (TPSA) is 33.6 Å². The molecule has 1 aromatic rings. The number of nitrogens with one attached hydrogen (secondary N) is 1. The van der Waals surface area contributed by atoms with E-state index in [0.29, 0.717) is 0 Å². The van der Waals surface area contributed by atoms with Crippen molar-refractivity contribution in [1.29, 1.82) is 0 Å². The van der Waals surface area contributed by atoms with E-state index in [4.69, 9.17) is 4.84 Å². The molecule has 2 aliphatic rings. The third-order valence-corrected chi connectivity index (χ3v) is 3.66. The maximum atomic E-state index is 5.70. The smallest absolute Gasteiger partial charge is 0.155 e. The van der Waals surface area contributed by atoms with Crippen LogP contribution in [0.25, 0.3) is 0 Å². The number of rotatable bonds is 1. The number of piperidine rings is 1. The van der Waals surface area contributed by atoms with Crippen LogP contribution >= 0.6 is 0 Å². The normalized spacial score (nSPS) is 27.9. The van der Waals surface area contributed by atoms with Crippen molar-refractivity contribution in [2.75, 3.05) is 13.1 Å². The Bertz CT molecular complexity index is 430. The number of oxime groups is 1. The molecule has 3 nitrogen and oxygen atoms in total. The quantitative estimate of drug-likeness (QED) is 0.802. The third kappa shape index (κ3) is 2.07. The highest BCUT2D eigenvalue weighted by atomic mass is 16.7. The molecular weight excluding hydrogens is 212 g/mol. The van der Waals surface area contributed by atoms with E-state index in [1.165, 1.54) is 17.5 Å². The molecule has 0 aromatic heterocycles. The summed E-state index contributed by atoms with van der Waals surface area (Å²) in [5.74, 6) is 0. The van der Waals surface area contributed by atoms with Crippen LogP contribution in [0.4, 0.5) is 0 Å². The first-order chi connectivity index (χ1) is 8.27. The van der Waals surface area contributed by atoms with Crippen LogP contribution in [0.3, 0.4) is 0 Å². The van der Waals surface area contributed by atoms with Crippen LogP contribution in [0, 0.1) is 6.92 Å². The Hall–Kier alpha value is -1.35. The van der Waals surface area contributed by atoms with Crippen LogP contribution < -0.4 is 5.32 Å². The third-order valence-electron chi connectivity index (χ3n) is 3.66. The van der Waals surface area contributed by atoms with Gasteiger partial charge in [-0.1, -0.05) is 35.0 Å².